The first kappa shape index (κ1) is 16.0. The van der Waals surface area contributed by atoms with E-state index in [4.69, 9.17) is 4.74 Å². The van der Waals surface area contributed by atoms with Crippen LogP contribution in [-0.2, 0) is 9.53 Å². The molecule has 2 aliphatic rings. The average molecular weight is 320 g/mol. The topological polar surface area (TPSA) is 87.6 Å². The SMILES string of the molecule is O=C(O)C(CNc1cc(N2CCCC2)ncn1)C1CCOCC1. The number of rotatable bonds is 6. The molecule has 3 heterocycles. The Kier molecular flexibility index (Phi) is 5.27. The van der Waals surface area contributed by atoms with Crippen LogP contribution in [0.4, 0.5) is 11.6 Å². The molecule has 2 saturated heterocycles. The Balaban J connectivity index is 1.61. The maximum absolute atomic E-state index is 11.6. The van der Waals surface area contributed by atoms with E-state index in [2.05, 4.69) is 20.2 Å². The van der Waals surface area contributed by atoms with Crippen molar-refractivity contribution < 1.29 is 14.6 Å². The molecule has 7 nitrogen and oxygen atoms in total. The zero-order valence-electron chi connectivity index (χ0n) is 13.3. The first-order valence-corrected chi connectivity index (χ1v) is 8.35. The molecule has 126 valence electrons. The number of nitrogens with zero attached hydrogens (tertiary/aromatic N) is 3. The maximum Gasteiger partial charge on any atom is 0.308 e. The number of nitrogens with one attached hydrogen (secondary N) is 1. The van der Waals surface area contributed by atoms with Gasteiger partial charge in [-0.25, -0.2) is 9.97 Å². The van der Waals surface area contributed by atoms with Gasteiger partial charge in [-0.2, -0.15) is 0 Å². The molecule has 0 radical (unpaired) electrons. The highest BCUT2D eigenvalue weighted by Crippen LogP contribution is 2.25. The Morgan fingerprint density at radius 1 is 1.35 bits per heavy atom. The summed E-state index contributed by atoms with van der Waals surface area (Å²) in [6.07, 6.45) is 5.54. The predicted molar refractivity (Wildman–Crippen MR) is 86.6 cm³/mol. The highest BCUT2D eigenvalue weighted by Gasteiger charge is 2.29. The molecule has 0 saturated carbocycles. The highest BCUT2D eigenvalue weighted by molar-refractivity contribution is 5.71. The summed E-state index contributed by atoms with van der Waals surface area (Å²) in [5.74, 6) is 0.606. The largest absolute Gasteiger partial charge is 0.481 e. The van der Waals surface area contributed by atoms with E-state index >= 15 is 0 Å². The molecule has 2 N–H and O–H groups in total. The van der Waals surface area contributed by atoms with E-state index in [0.29, 0.717) is 25.6 Å². The van der Waals surface area contributed by atoms with Gasteiger partial charge in [0.05, 0.1) is 5.92 Å². The second-order valence-corrected chi connectivity index (χ2v) is 6.23. The van der Waals surface area contributed by atoms with Crippen LogP contribution in [0.2, 0.25) is 0 Å². The smallest absolute Gasteiger partial charge is 0.308 e. The molecule has 1 aromatic rings. The number of carbonyl (C=O) groups is 1. The van der Waals surface area contributed by atoms with Crippen LogP contribution in [0.15, 0.2) is 12.4 Å². The summed E-state index contributed by atoms with van der Waals surface area (Å²) in [5.41, 5.74) is 0. The van der Waals surface area contributed by atoms with Crippen molar-refractivity contribution in [3.8, 4) is 0 Å². The van der Waals surface area contributed by atoms with Crippen LogP contribution in [0, 0.1) is 11.8 Å². The van der Waals surface area contributed by atoms with Gasteiger partial charge in [0.1, 0.15) is 18.0 Å². The highest BCUT2D eigenvalue weighted by atomic mass is 16.5. The van der Waals surface area contributed by atoms with Crippen LogP contribution < -0.4 is 10.2 Å². The Hall–Kier alpha value is -1.89. The minimum atomic E-state index is -0.752. The van der Waals surface area contributed by atoms with E-state index in [1.807, 2.05) is 6.07 Å². The molecule has 0 bridgehead atoms. The summed E-state index contributed by atoms with van der Waals surface area (Å²) in [7, 11) is 0. The summed E-state index contributed by atoms with van der Waals surface area (Å²) in [5, 5.41) is 12.7. The van der Waals surface area contributed by atoms with Gasteiger partial charge in [0.15, 0.2) is 0 Å². The van der Waals surface area contributed by atoms with Gasteiger partial charge in [-0.1, -0.05) is 0 Å². The van der Waals surface area contributed by atoms with Crippen molar-refractivity contribution in [2.75, 3.05) is 43.1 Å². The summed E-state index contributed by atoms with van der Waals surface area (Å²) in [6.45, 7) is 3.74. The van der Waals surface area contributed by atoms with E-state index < -0.39 is 11.9 Å². The molecule has 0 spiro atoms. The fraction of sp³-hybridized carbons (Fsp3) is 0.688. The fourth-order valence-electron chi connectivity index (χ4n) is 3.35. The molecule has 0 amide bonds. The Bertz CT molecular complexity index is 528. The number of hydrogen-bond acceptors (Lipinski definition) is 6. The minimum absolute atomic E-state index is 0.161. The van der Waals surface area contributed by atoms with Crippen LogP contribution in [0.1, 0.15) is 25.7 Å². The van der Waals surface area contributed by atoms with Crippen molar-refractivity contribution in [1.82, 2.24) is 9.97 Å². The van der Waals surface area contributed by atoms with Crippen LogP contribution in [0.3, 0.4) is 0 Å². The van der Waals surface area contributed by atoms with E-state index in [1.54, 1.807) is 6.33 Å². The van der Waals surface area contributed by atoms with E-state index in [1.165, 1.54) is 12.8 Å². The van der Waals surface area contributed by atoms with E-state index in [-0.39, 0.29) is 5.92 Å². The van der Waals surface area contributed by atoms with Crippen molar-refractivity contribution in [2.24, 2.45) is 11.8 Å². The van der Waals surface area contributed by atoms with Gasteiger partial charge in [0.25, 0.3) is 0 Å². The third-order valence-corrected chi connectivity index (χ3v) is 4.74. The number of ether oxygens (including phenoxy) is 1. The van der Waals surface area contributed by atoms with Crippen molar-refractivity contribution in [3.05, 3.63) is 12.4 Å². The van der Waals surface area contributed by atoms with Crippen molar-refractivity contribution in [2.45, 2.75) is 25.7 Å². The van der Waals surface area contributed by atoms with Crippen LogP contribution in [-0.4, -0.2) is 53.9 Å². The lowest BCUT2D eigenvalue weighted by molar-refractivity contribution is -0.144. The van der Waals surface area contributed by atoms with Gasteiger partial charge >= 0.3 is 5.97 Å². The van der Waals surface area contributed by atoms with Crippen molar-refractivity contribution >= 4 is 17.6 Å². The lowest BCUT2D eigenvalue weighted by Crippen LogP contribution is -2.34. The zero-order chi connectivity index (χ0) is 16.1. The molecule has 7 heteroatoms. The summed E-state index contributed by atoms with van der Waals surface area (Å²) in [6, 6.07) is 1.91. The molecule has 23 heavy (non-hydrogen) atoms. The van der Waals surface area contributed by atoms with Gasteiger partial charge in [0, 0.05) is 38.9 Å². The first-order chi connectivity index (χ1) is 11.2. The summed E-state index contributed by atoms with van der Waals surface area (Å²) in [4.78, 5) is 22.3. The number of carboxylic acids is 1. The van der Waals surface area contributed by atoms with Crippen LogP contribution >= 0.6 is 0 Å². The van der Waals surface area contributed by atoms with Gasteiger partial charge in [-0.15, -0.1) is 0 Å². The summed E-state index contributed by atoms with van der Waals surface area (Å²) < 4.78 is 5.33. The lowest BCUT2D eigenvalue weighted by atomic mass is 9.86. The molecule has 2 fully saturated rings. The van der Waals surface area contributed by atoms with E-state index in [0.717, 1.165) is 31.7 Å². The average Bonchev–Trinajstić information content (AvgIpc) is 3.11. The third kappa shape index (κ3) is 4.10. The van der Waals surface area contributed by atoms with Crippen molar-refractivity contribution in [1.29, 1.82) is 0 Å². The maximum atomic E-state index is 11.6. The van der Waals surface area contributed by atoms with Gasteiger partial charge in [-0.05, 0) is 31.6 Å². The second kappa shape index (κ2) is 7.59. The molecule has 1 aromatic heterocycles. The van der Waals surface area contributed by atoms with Crippen LogP contribution in [0.5, 0.6) is 0 Å². The normalized spacial score (nSPS) is 20.4. The Morgan fingerprint density at radius 2 is 2.09 bits per heavy atom. The number of aromatic nitrogens is 2. The van der Waals surface area contributed by atoms with Gasteiger partial charge in [-0.3, -0.25) is 4.79 Å². The summed E-state index contributed by atoms with van der Waals surface area (Å²) >= 11 is 0. The second-order valence-electron chi connectivity index (χ2n) is 6.23. The Labute approximate surface area is 136 Å². The number of carboxylic acid groups (broad SMARTS) is 1. The van der Waals surface area contributed by atoms with E-state index in [9.17, 15) is 9.90 Å². The molecule has 3 rings (SSSR count). The molecule has 2 aliphatic heterocycles. The predicted octanol–water partition coefficient (Wildman–Crippen LogP) is 1.62. The fourth-order valence-corrected chi connectivity index (χ4v) is 3.35. The molecule has 0 aromatic carbocycles. The number of hydrogen-bond donors (Lipinski definition) is 2. The molecular formula is C16H24N4O3. The molecule has 1 unspecified atom stereocenters. The lowest BCUT2D eigenvalue weighted by Gasteiger charge is -2.27. The monoisotopic (exact) mass is 320 g/mol. The first-order valence-electron chi connectivity index (χ1n) is 8.35. The minimum Gasteiger partial charge on any atom is -0.481 e. The van der Waals surface area contributed by atoms with Gasteiger partial charge < -0.3 is 20.1 Å². The number of anilines is 2. The Morgan fingerprint density at radius 3 is 2.78 bits per heavy atom. The number of aliphatic carboxylic acids is 1. The zero-order valence-corrected chi connectivity index (χ0v) is 13.3. The van der Waals surface area contributed by atoms with Crippen LogP contribution in [0.25, 0.3) is 0 Å². The molecular weight excluding hydrogens is 296 g/mol. The quantitative estimate of drug-likeness (QED) is 0.823. The van der Waals surface area contributed by atoms with Gasteiger partial charge in [0.2, 0.25) is 0 Å². The third-order valence-electron chi connectivity index (χ3n) is 4.74. The van der Waals surface area contributed by atoms with Crippen molar-refractivity contribution in [3.63, 3.8) is 0 Å². The molecule has 1 atom stereocenters. The molecule has 0 aliphatic carbocycles. The standard InChI is InChI=1S/C16H24N4O3/c21-16(22)13(12-3-7-23-8-4-12)10-17-14-9-15(19-11-18-14)20-5-1-2-6-20/h9,11-13H,1-8,10H2,(H,21,22)(H,17,18,19).